The second kappa shape index (κ2) is 8.49. The van der Waals surface area contributed by atoms with E-state index in [2.05, 4.69) is 30.3 Å². The summed E-state index contributed by atoms with van der Waals surface area (Å²) in [5.74, 6) is 3.13. The first kappa shape index (κ1) is 18.6. The van der Waals surface area contributed by atoms with Crippen molar-refractivity contribution in [2.75, 3.05) is 28.4 Å². The maximum atomic E-state index is 5.51. The molecule has 0 amide bonds. The predicted molar refractivity (Wildman–Crippen MR) is 106 cm³/mol. The van der Waals surface area contributed by atoms with E-state index >= 15 is 0 Å². The molecule has 0 aliphatic carbocycles. The van der Waals surface area contributed by atoms with Crippen molar-refractivity contribution in [3.63, 3.8) is 0 Å². The van der Waals surface area contributed by atoms with Gasteiger partial charge in [-0.1, -0.05) is 30.3 Å². The van der Waals surface area contributed by atoms with Gasteiger partial charge in [-0.05, 0) is 53.1 Å². The summed E-state index contributed by atoms with van der Waals surface area (Å²) < 4.78 is 21.5. The molecule has 0 N–H and O–H groups in total. The van der Waals surface area contributed by atoms with Crippen molar-refractivity contribution in [1.82, 2.24) is 0 Å². The first-order valence-electron chi connectivity index (χ1n) is 8.70. The van der Waals surface area contributed by atoms with Gasteiger partial charge in [0.2, 0.25) is 0 Å². The third-order valence-electron chi connectivity index (χ3n) is 4.64. The van der Waals surface area contributed by atoms with Gasteiger partial charge in [0.25, 0.3) is 0 Å². The molecule has 27 heavy (non-hydrogen) atoms. The molecule has 4 heteroatoms. The Hall–Kier alpha value is -3.14. The van der Waals surface area contributed by atoms with E-state index in [0.717, 1.165) is 28.2 Å². The summed E-state index contributed by atoms with van der Waals surface area (Å²) in [5, 5.41) is 0. The standard InChI is InChI=1S/C23H24O4/c1-24-19-10-5-16(6-11-19)23(17-7-12-20(25-2)13-8-17)18-9-14-21(26-3)22(15-18)27-4/h5-15,23H,1-4H3. The SMILES string of the molecule is COc1ccc(C(c2ccc(OC)cc2)c2ccc(OC)c(OC)c2)cc1. The minimum Gasteiger partial charge on any atom is -0.497 e. The second-order valence-corrected chi connectivity index (χ2v) is 6.09. The maximum Gasteiger partial charge on any atom is 0.161 e. The predicted octanol–water partition coefficient (Wildman–Crippen LogP) is 4.90. The number of rotatable bonds is 7. The van der Waals surface area contributed by atoms with Crippen LogP contribution in [0.4, 0.5) is 0 Å². The first-order chi connectivity index (χ1) is 13.2. The number of benzene rings is 3. The van der Waals surface area contributed by atoms with Crippen molar-refractivity contribution in [2.24, 2.45) is 0 Å². The fourth-order valence-corrected chi connectivity index (χ4v) is 3.20. The van der Waals surface area contributed by atoms with E-state index in [-0.39, 0.29) is 5.92 Å². The highest BCUT2D eigenvalue weighted by molar-refractivity contribution is 5.51. The molecule has 0 aliphatic rings. The minimum atomic E-state index is 0.0432. The van der Waals surface area contributed by atoms with Gasteiger partial charge in [0.1, 0.15) is 11.5 Å². The van der Waals surface area contributed by atoms with Crippen LogP contribution >= 0.6 is 0 Å². The molecular formula is C23H24O4. The topological polar surface area (TPSA) is 36.9 Å². The molecule has 3 aromatic rings. The molecule has 3 rings (SSSR count). The van der Waals surface area contributed by atoms with Gasteiger partial charge in [0.15, 0.2) is 11.5 Å². The molecule has 0 heterocycles. The molecule has 0 radical (unpaired) electrons. The highest BCUT2D eigenvalue weighted by atomic mass is 16.5. The largest absolute Gasteiger partial charge is 0.497 e. The second-order valence-electron chi connectivity index (χ2n) is 6.09. The van der Waals surface area contributed by atoms with Crippen LogP contribution in [0.2, 0.25) is 0 Å². The summed E-state index contributed by atoms with van der Waals surface area (Å²) in [6.45, 7) is 0. The van der Waals surface area contributed by atoms with Gasteiger partial charge in [0, 0.05) is 5.92 Å². The normalized spacial score (nSPS) is 10.6. The van der Waals surface area contributed by atoms with Crippen molar-refractivity contribution in [3.05, 3.63) is 83.4 Å². The highest BCUT2D eigenvalue weighted by Gasteiger charge is 2.19. The number of hydrogen-bond donors (Lipinski definition) is 0. The lowest BCUT2D eigenvalue weighted by Gasteiger charge is -2.21. The zero-order chi connectivity index (χ0) is 19.2. The molecule has 140 valence electrons. The van der Waals surface area contributed by atoms with Crippen LogP contribution in [0.3, 0.4) is 0 Å². The monoisotopic (exact) mass is 364 g/mol. The van der Waals surface area contributed by atoms with Crippen LogP contribution in [0.25, 0.3) is 0 Å². The Bertz CT molecular complexity index is 822. The van der Waals surface area contributed by atoms with Gasteiger partial charge in [-0.25, -0.2) is 0 Å². The molecule has 0 spiro atoms. The van der Waals surface area contributed by atoms with Crippen LogP contribution in [-0.2, 0) is 0 Å². The van der Waals surface area contributed by atoms with Crippen LogP contribution < -0.4 is 18.9 Å². The van der Waals surface area contributed by atoms with E-state index in [1.807, 2.05) is 36.4 Å². The Morgan fingerprint density at radius 3 is 1.33 bits per heavy atom. The van der Waals surface area contributed by atoms with E-state index in [1.165, 1.54) is 0 Å². The number of ether oxygens (including phenoxy) is 4. The van der Waals surface area contributed by atoms with Gasteiger partial charge < -0.3 is 18.9 Å². The molecule has 0 bridgehead atoms. The zero-order valence-electron chi connectivity index (χ0n) is 16.1. The van der Waals surface area contributed by atoms with Crippen molar-refractivity contribution in [2.45, 2.75) is 5.92 Å². The van der Waals surface area contributed by atoms with E-state index < -0.39 is 0 Å². The fourth-order valence-electron chi connectivity index (χ4n) is 3.20. The average molecular weight is 364 g/mol. The summed E-state index contributed by atoms with van der Waals surface area (Å²) in [7, 11) is 6.63. The van der Waals surface area contributed by atoms with Crippen molar-refractivity contribution in [1.29, 1.82) is 0 Å². The fraction of sp³-hybridized carbons (Fsp3) is 0.217. The summed E-state index contributed by atoms with van der Waals surface area (Å²) in [5.41, 5.74) is 3.43. The summed E-state index contributed by atoms with van der Waals surface area (Å²) >= 11 is 0. The van der Waals surface area contributed by atoms with E-state index in [4.69, 9.17) is 18.9 Å². The molecular weight excluding hydrogens is 340 g/mol. The molecule has 0 aliphatic heterocycles. The molecule has 4 nitrogen and oxygen atoms in total. The van der Waals surface area contributed by atoms with Gasteiger partial charge in [-0.3, -0.25) is 0 Å². The average Bonchev–Trinajstić information content (AvgIpc) is 2.74. The highest BCUT2D eigenvalue weighted by Crippen LogP contribution is 2.38. The Morgan fingerprint density at radius 2 is 0.926 bits per heavy atom. The number of methoxy groups -OCH3 is 4. The minimum absolute atomic E-state index is 0.0432. The third-order valence-corrected chi connectivity index (χ3v) is 4.64. The third kappa shape index (κ3) is 4.00. The Kier molecular flexibility index (Phi) is 5.87. The van der Waals surface area contributed by atoms with E-state index in [1.54, 1.807) is 28.4 Å². The van der Waals surface area contributed by atoms with Crippen LogP contribution in [0, 0.1) is 0 Å². The zero-order valence-corrected chi connectivity index (χ0v) is 16.1. The van der Waals surface area contributed by atoms with E-state index in [9.17, 15) is 0 Å². The molecule has 0 aromatic heterocycles. The van der Waals surface area contributed by atoms with E-state index in [0.29, 0.717) is 11.5 Å². The van der Waals surface area contributed by atoms with Crippen LogP contribution in [-0.4, -0.2) is 28.4 Å². The van der Waals surface area contributed by atoms with Gasteiger partial charge in [-0.15, -0.1) is 0 Å². The maximum absolute atomic E-state index is 5.51. The molecule has 3 aromatic carbocycles. The summed E-state index contributed by atoms with van der Waals surface area (Å²) in [6.07, 6.45) is 0. The lowest BCUT2D eigenvalue weighted by Crippen LogP contribution is -2.04. The van der Waals surface area contributed by atoms with Crippen LogP contribution in [0.15, 0.2) is 66.7 Å². The van der Waals surface area contributed by atoms with Gasteiger partial charge in [-0.2, -0.15) is 0 Å². The quantitative estimate of drug-likeness (QED) is 0.559. The van der Waals surface area contributed by atoms with Gasteiger partial charge in [0.05, 0.1) is 28.4 Å². The van der Waals surface area contributed by atoms with Crippen LogP contribution in [0.1, 0.15) is 22.6 Å². The van der Waals surface area contributed by atoms with Gasteiger partial charge >= 0.3 is 0 Å². The van der Waals surface area contributed by atoms with Crippen LogP contribution in [0.5, 0.6) is 23.0 Å². The van der Waals surface area contributed by atoms with Crippen molar-refractivity contribution in [3.8, 4) is 23.0 Å². The summed E-state index contributed by atoms with van der Waals surface area (Å²) in [4.78, 5) is 0. The number of hydrogen-bond acceptors (Lipinski definition) is 4. The first-order valence-corrected chi connectivity index (χ1v) is 8.70. The van der Waals surface area contributed by atoms with Crippen molar-refractivity contribution < 1.29 is 18.9 Å². The molecule has 0 saturated carbocycles. The molecule has 0 atom stereocenters. The Morgan fingerprint density at radius 1 is 0.481 bits per heavy atom. The summed E-state index contributed by atoms with van der Waals surface area (Å²) in [6, 6.07) is 22.3. The Balaban J connectivity index is 2.10. The molecule has 0 saturated heterocycles. The Labute approximate surface area is 160 Å². The smallest absolute Gasteiger partial charge is 0.161 e. The molecule has 0 unspecified atom stereocenters. The lowest BCUT2D eigenvalue weighted by molar-refractivity contribution is 0.354. The molecule has 0 fully saturated rings. The van der Waals surface area contributed by atoms with Crippen molar-refractivity contribution >= 4 is 0 Å². The lowest BCUT2D eigenvalue weighted by atomic mass is 9.85.